The van der Waals surface area contributed by atoms with Gasteiger partial charge in [0.15, 0.2) is 5.15 Å². The van der Waals surface area contributed by atoms with Crippen LogP contribution < -0.4 is 5.43 Å². The number of aromatic carboxylic acids is 1. The highest BCUT2D eigenvalue weighted by atomic mass is 35.5. The molecule has 0 bridgehead atoms. The van der Waals surface area contributed by atoms with Crippen molar-refractivity contribution in [3.63, 3.8) is 0 Å². The Morgan fingerprint density at radius 2 is 1.80 bits per heavy atom. The maximum absolute atomic E-state index is 10.8. The maximum atomic E-state index is 10.8. The fraction of sp³-hybridized carbons (Fsp3) is 0. The normalized spacial score (nSPS) is 11.0. The molecule has 1 aromatic heterocycles. The van der Waals surface area contributed by atoms with Gasteiger partial charge in [0.2, 0.25) is 0 Å². The van der Waals surface area contributed by atoms with Crippen molar-refractivity contribution >= 4 is 41.1 Å². The second-order valence-corrected chi connectivity index (χ2v) is 5.81. The van der Waals surface area contributed by atoms with Crippen LogP contribution in [0.1, 0.15) is 16.1 Å². The molecule has 0 aliphatic carbocycles. The molecule has 0 aliphatic rings. The van der Waals surface area contributed by atoms with Gasteiger partial charge in [0.25, 0.3) is 0 Å². The van der Waals surface area contributed by atoms with Gasteiger partial charge in [-0.25, -0.2) is 9.78 Å². The van der Waals surface area contributed by atoms with Crippen molar-refractivity contribution in [2.45, 2.75) is 0 Å². The molecule has 0 saturated carbocycles. The van der Waals surface area contributed by atoms with Crippen LogP contribution in [0.15, 0.2) is 60.0 Å². The van der Waals surface area contributed by atoms with E-state index in [9.17, 15) is 4.79 Å². The van der Waals surface area contributed by atoms with Crippen molar-refractivity contribution in [1.82, 2.24) is 9.55 Å². The molecule has 1 heterocycles. The predicted octanol–water partition coefficient (Wildman–Crippen LogP) is 4.32. The van der Waals surface area contributed by atoms with Gasteiger partial charge >= 0.3 is 5.97 Å². The van der Waals surface area contributed by atoms with Gasteiger partial charge in [-0.2, -0.15) is 5.10 Å². The van der Waals surface area contributed by atoms with Gasteiger partial charge in [0.1, 0.15) is 12.0 Å². The summed E-state index contributed by atoms with van der Waals surface area (Å²) >= 11 is 12.0. The average molecular weight is 375 g/mol. The van der Waals surface area contributed by atoms with Gasteiger partial charge in [-0.05, 0) is 48.5 Å². The Hall–Kier alpha value is -2.83. The molecular weight excluding hydrogens is 363 g/mol. The minimum Gasteiger partial charge on any atom is -0.478 e. The molecule has 0 radical (unpaired) electrons. The molecule has 8 heteroatoms. The monoisotopic (exact) mass is 374 g/mol. The molecular formula is C17H12Cl2N4O2. The average Bonchev–Trinajstić information content (AvgIpc) is 2.97. The first-order chi connectivity index (χ1) is 12.0. The van der Waals surface area contributed by atoms with E-state index in [1.165, 1.54) is 18.3 Å². The van der Waals surface area contributed by atoms with E-state index in [0.29, 0.717) is 21.6 Å². The third-order valence-corrected chi connectivity index (χ3v) is 3.92. The number of anilines is 1. The lowest BCUT2D eigenvalue weighted by molar-refractivity contribution is 0.0697. The number of carboxylic acid groups (broad SMARTS) is 1. The van der Waals surface area contributed by atoms with Gasteiger partial charge in [-0.1, -0.05) is 23.2 Å². The van der Waals surface area contributed by atoms with Crippen LogP contribution in [0, 0.1) is 0 Å². The molecule has 3 aromatic rings. The highest BCUT2D eigenvalue weighted by molar-refractivity contribution is 6.31. The zero-order chi connectivity index (χ0) is 17.8. The molecule has 2 N–H and O–H groups in total. The highest BCUT2D eigenvalue weighted by Gasteiger charge is 2.08. The van der Waals surface area contributed by atoms with Crippen LogP contribution in [0.4, 0.5) is 5.69 Å². The first kappa shape index (κ1) is 17.0. The summed E-state index contributed by atoms with van der Waals surface area (Å²) in [5.74, 6) is -0.978. The van der Waals surface area contributed by atoms with E-state index in [1.54, 1.807) is 35.2 Å². The van der Waals surface area contributed by atoms with Crippen LogP contribution in [-0.2, 0) is 0 Å². The van der Waals surface area contributed by atoms with Crippen LogP contribution >= 0.6 is 23.2 Å². The molecule has 6 nitrogen and oxygen atoms in total. The number of aromatic nitrogens is 2. The number of nitrogens with one attached hydrogen (secondary N) is 1. The van der Waals surface area contributed by atoms with E-state index in [2.05, 4.69) is 15.5 Å². The van der Waals surface area contributed by atoms with Gasteiger partial charge in [-0.3, -0.25) is 9.99 Å². The summed E-state index contributed by atoms with van der Waals surface area (Å²) in [6.07, 6.45) is 3.13. The van der Waals surface area contributed by atoms with Gasteiger partial charge < -0.3 is 5.11 Å². The first-order valence-electron chi connectivity index (χ1n) is 7.16. The molecule has 25 heavy (non-hydrogen) atoms. The molecule has 0 spiro atoms. The Balaban J connectivity index is 1.78. The molecule has 0 amide bonds. The van der Waals surface area contributed by atoms with Crippen LogP contribution in [0.25, 0.3) is 5.69 Å². The van der Waals surface area contributed by atoms with Crippen LogP contribution in [-0.4, -0.2) is 26.8 Å². The number of hydrazone groups is 1. The minimum absolute atomic E-state index is 0.207. The lowest BCUT2D eigenvalue weighted by Gasteiger charge is -2.05. The Kier molecular flexibility index (Phi) is 5.02. The lowest BCUT2D eigenvalue weighted by atomic mass is 10.2. The molecule has 0 saturated heterocycles. The summed E-state index contributed by atoms with van der Waals surface area (Å²) < 4.78 is 1.78. The Bertz CT molecular complexity index is 919. The number of rotatable bonds is 5. The predicted molar refractivity (Wildman–Crippen MR) is 98.2 cm³/mol. The quantitative estimate of drug-likeness (QED) is 0.514. The number of hydrogen-bond acceptors (Lipinski definition) is 4. The van der Waals surface area contributed by atoms with Crippen molar-refractivity contribution in [2.75, 3.05) is 5.43 Å². The Morgan fingerprint density at radius 3 is 2.44 bits per heavy atom. The topological polar surface area (TPSA) is 79.5 Å². The molecule has 126 valence electrons. The third-order valence-electron chi connectivity index (χ3n) is 3.37. The van der Waals surface area contributed by atoms with E-state index in [1.807, 2.05) is 12.1 Å². The summed E-state index contributed by atoms with van der Waals surface area (Å²) in [6.45, 7) is 0. The third kappa shape index (κ3) is 3.99. The SMILES string of the molecule is O=C(O)c1ccc(NN=Cc2c(Cl)ncn2-c2ccc(Cl)cc2)cc1. The smallest absolute Gasteiger partial charge is 0.335 e. The van der Waals surface area contributed by atoms with Crippen molar-refractivity contribution in [2.24, 2.45) is 5.10 Å². The molecule has 0 atom stereocenters. The summed E-state index contributed by atoms with van der Waals surface area (Å²) in [5, 5.41) is 14.0. The van der Waals surface area contributed by atoms with Crippen LogP contribution in [0.3, 0.4) is 0 Å². The lowest BCUT2D eigenvalue weighted by Crippen LogP contribution is -2.00. The summed E-state index contributed by atoms with van der Waals surface area (Å²) in [5.41, 5.74) is 5.11. The molecule has 2 aromatic carbocycles. The maximum Gasteiger partial charge on any atom is 0.335 e. The van der Waals surface area contributed by atoms with Crippen molar-refractivity contribution < 1.29 is 9.90 Å². The van der Waals surface area contributed by atoms with Gasteiger partial charge in [-0.15, -0.1) is 0 Å². The van der Waals surface area contributed by atoms with Crippen LogP contribution in [0.5, 0.6) is 0 Å². The molecule has 0 aliphatic heterocycles. The fourth-order valence-electron chi connectivity index (χ4n) is 2.11. The van der Waals surface area contributed by atoms with Crippen LogP contribution in [0.2, 0.25) is 10.2 Å². The highest BCUT2D eigenvalue weighted by Crippen LogP contribution is 2.19. The van der Waals surface area contributed by atoms with Gasteiger partial charge in [0, 0.05) is 10.7 Å². The number of halogens is 2. The van der Waals surface area contributed by atoms with E-state index in [0.717, 1.165) is 5.69 Å². The van der Waals surface area contributed by atoms with E-state index >= 15 is 0 Å². The summed E-state index contributed by atoms with van der Waals surface area (Å²) in [6, 6.07) is 13.5. The minimum atomic E-state index is -0.978. The van der Waals surface area contributed by atoms with Crippen molar-refractivity contribution in [3.05, 3.63) is 76.3 Å². The largest absolute Gasteiger partial charge is 0.478 e. The number of carbonyl (C=O) groups is 1. The number of nitrogens with zero attached hydrogens (tertiary/aromatic N) is 3. The summed E-state index contributed by atoms with van der Waals surface area (Å²) in [4.78, 5) is 14.9. The van der Waals surface area contributed by atoms with Gasteiger partial charge in [0.05, 0.1) is 17.5 Å². The van der Waals surface area contributed by atoms with Crippen molar-refractivity contribution in [1.29, 1.82) is 0 Å². The Morgan fingerprint density at radius 1 is 1.12 bits per heavy atom. The summed E-state index contributed by atoms with van der Waals surface area (Å²) in [7, 11) is 0. The number of imidazole rings is 1. The standard InChI is InChI=1S/C17H12Cl2N4O2/c18-12-3-7-14(8-4-12)23-10-20-16(19)15(23)9-21-22-13-5-1-11(2-6-13)17(24)25/h1-10,22H,(H,24,25). The second kappa shape index (κ2) is 7.38. The van der Waals surface area contributed by atoms with Crippen molar-refractivity contribution in [3.8, 4) is 5.69 Å². The number of benzene rings is 2. The Labute approximate surface area is 153 Å². The zero-order valence-electron chi connectivity index (χ0n) is 12.7. The van der Waals surface area contributed by atoms with E-state index < -0.39 is 5.97 Å². The first-order valence-corrected chi connectivity index (χ1v) is 7.91. The zero-order valence-corrected chi connectivity index (χ0v) is 14.2. The number of carboxylic acids is 1. The number of hydrogen-bond donors (Lipinski definition) is 2. The van der Waals surface area contributed by atoms with E-state index in [-0.39, 0.29) is 5.56 Å². The second-order valence-electron chi connectivity index (χ2n) is 5.02. The molecule has 0 unspecified atom stereocenters. The van der Waals surface area contributed by atoms with E-state index in [4.69, 9.17) is 28.3 Å². The fourth-order valence-corrected chi connectivity index (χ4v) is 2.42. The molecule has 0 fully saturated rings. The molecule has 3 rings (SSSR count).